The quantitative estimate of drug-likeness (QED) is 0.624. The van der Waals surface area contributed by atoms with E-state index in [0.717, 1.165) is 11.1 Å². The lowest BCUT2D eigenvalue weighted by molar-refractivity contribution is -0.142. The van der Waals surface area contributed by atoms with Crippen LogP contribution in [-0.2, 0) is 9.59 Å². The molecule has 0 radical (unpaired) electrons. The first-order chi connectivity index (χ1) is 9.90. The third kappa shape index (κ3) is 6.08. The molecule has 0 heterocycles. The smallest absolute Gasteiger partial charge is 0.326 e. The number of amides is 1. The zero-order valence-electron chi connectivity index (χ0n) is 12.5. The molecule has 0 aliphatic carbocycles. The molecule has 0 fully saturated rings. The van der Waals surface area contributed by atoms with E-state index in [4.69, 9.17) is 5.11 Å². The third-order valence-corrected chi connectivity index (χ3v) is 2.92. The Hall–Kier alpha value is -2.36. The van der Waals surface area contributed by atoms with E-state index in [-0.39, 0.29) is 5.92 Å². The van der Waals surface area contributed by atoms with Crippen molar-refractivity contribution >= 4 is 18.0 Å². The number of aliphatic carboxylic acids is 1. The van der Waals surface area contributed by atoms with Crippen molar-refractivity contribution in [3.05, 3.63) is 53.6 Å². The molecule has 1 atom stereocenters. The standard InChI is InChI=1S/C17H21NO3/c1-12(2)16(17(20)21)18-15(19)10-9-13(3)11-14-7-5-4-6-8-14/h4-12,16H,1-3H3,(H,18,19)(H,20,21)/b10-9+,13-11+. The van der Waals surface area contributed by atoms with Crippen molar-refractivity contribution in [2.75, 3.05) is 0 Å². The zero-order chi connectivity index (χ0) is 15.8. The van der Waals surface area contributed by atoms with E-state index in [2.05, 4.69) is 5.32 Å². The Balaban J connectivity index is 2.65. The fourth-order valence-electron chi connectivity index (χ4n) is 1.78. The number of carboxylic acid groups (broad SMARTS) is 1. The predicted octanol–water partition coefficient (Wildman–Crippen LogP) is 2.87. The summed E-state index contributed by atoms with van der Waals surface area (Å²) in [4.78, 5) is 22.7. The maximum absolute atomic E-state index is 11.7. The van der Waals surface area contributed by atoms with Crippen LogP contribution < -0.4 is 5.32 Å². The molecule has 112 valence electrons. The van der Waals surface area contributed by atoms with E-state index in [1.165, 1.54) is 6.08 Å². The molecule has 1 unspecified atom stereocenters. The molecule has 4 heteroatoms. The minimum absolute atomic E-state index is 0.166. The summed E-state index contributed by atoms with van der Waals surface area (Å²) in [6, 6.07) is 8.88. The molecule has 0 saturated heterocycles. The fraction of sp³-hybridized carbons (Fsp3) is 0.294. The van der Waals surface area contributed by atoms with Crippen molar-refractivity contribution in [2.45, 2.75) is 26.8 Å². The van der Waals surface area contributed by atoms with Gasteiger partial charge in [-0.05, 0) is 18.4 Å². The molecule has 0 aliphatic rings. The Labute approximate surface area is 125 Å². The molecule has 0 bridgehead atoms. The van der Waals surface area contributed by atoms with Gasteiger partial charge in [0.15, 0.2) is 0 Å². The van der Waals surface area contributed by atoms with Gasteiger partial charge in [0.05, 0.1) is 0 Å². The van der Waals surface area contributed by atoms with Gasteiger partial charge in [-0.15, -0.1) is 0 Å². The number of carbonyl (C=O) groups is 2. The van der Waals surface area contributed by atoms with Gasteiger partial charge in [-0.1, -0.05) is 61.9 Å². The number of nitrogens with one attached hydrogen (secondary N) is 1. The van der Waals surface area contributed by atoms with Gasteiger partial charge in [0.1, 0.15) is 6.04 Å². The van der Waals surface area contributed by atoms with E-state index < -0.39 is 17.9 Å². The topological polar surface area (TPSA) is 66.4 Å². The minimum atomic E-state index is -1.02. The van der Waals surface area contributed by atoms with E-state index in [1.54, 1.807) is 19.9 Å². The van der Waals surface area contributed by atoms with Gasteiger partial charge in [0.2, 0.25) is 5.91 Å². The van der Waals surface area contributed by atoms with Crippen molar-refractivity contribution in [2.24, 2.45) is 5.92 Å². The van der Waals surface area contributed by atoms with E-state index in [1.807, 2.05) is 43.3 Å². The SMILES string of the molecule is CC(/C=C/C(=O)NC(C(=O)O)C(C)C)=C\c1ccccc1. The van der Waals surface area contributed by atoms with Gasteiger partial charge < -0.3 is 10.4 Å². The second kappa shape index (κ2) is 8.04. The Kier molecular flexibility index (Phi) is 6.40. The van der Waals surface area contributed by atoms with Crippen LogP contribution in [0.1, 0.15) is 26.3 Å². The summed E-state index contributed by atoms with van der Waals surface area (Å²) in [7, 11) is 0. The maximum Gasteiger partial charge on any atom is 0.326 e. The summed E-state index contributed by atoms with van der Waals surface area (Å²) in [6.07, 6.45) is 4.97. The van der Waals surface area contributed by atoms with Gasteiger partial charge in [-0.25, -0.2) is 4.79 Å². The molecule has 1 aromatic rings. The highest BCUT2D eigenvalue weighted by Gasteiger charge is 2.22. The molecule has 1 amide bonds. The van der Waals surface area contributed by atoms with Gasteiger partial charge >= 0.3 is 5.97 Å². The summed E-state index contributed by atoms with van der Waals surface area (Å²) in [5.41, 5.74) is 1.96. The minimum Gasteiger partial charge on any atom is -0.480 e. The highest BCUT2D eigenvalue weighted by molar-refractivity contribution is 5.91. The van der Waals surface area contributed by atoms with Crippen LogP contribution in [0.2, 0.25) is 0 Å². The average molecular weight is 287 g/mol. The maximum atomic E-state index is 11.7. The molecule has 1 aromatic carbocycles. The molecular weight excluding hydrogens is 266 g/mol. The van der Waals surface area contributed by atoms with Gasteiger partial charge in [-0.2, -0.15) is 0 Å². The Bertz CT molecular complexity index is 544. The molecule has 2 N–H and O–H groups in total. The largest absolute Gasteiger partial charge is 0.480 e. The highest BCUT2D eigenvalue weighted by Crippen LogP contribution is 2.07. The van der Waals surface area contributed by atoms with Crippen LogP contribution in [0.15, 0.2) is 48.1 Å². The lowest BCUT2D eigenvalue weighted by atomic mass is 10.0. The number of hydrogen-bond acceptors (Lipinski definition) is 2. The predicted molar refractivity (Wildman–Crippen MR) is 83.6 cm³/mol. The number of rotatable bonds is 6. The second-order valence-electron chi connectivity index (χ2n) is 5.20. The lowest BCUT2D eigenvalue weighted by Gasteiger charge is -2.16. The van der Waals surface area contributed by atoms with E-state index in [9.17, 15) is 9.59 Å². The molecule has 21 heavy (non-hydrogen) atoms. The van der Waals surface area contributed by atoms with Crippen LogP contribution in [-0.4, -0.2) is 23.0 Å². The Morgan fingerprint density at radius 2 is 1.76 bits per heavy atom. The van der Waals surface area contributed by atoms with E-state index in [0.29, 0.717) is 0 Å². The summed E-state index contributed by atoms with van der Waals surface area (Å²) in [5.74, 6) is -1.60. The Morgan fingerprint density at radius 1 is 1.14 bits per heavy atom. The van der Waals surface area contributed by atoms with Crippen LogP contribution in [0.4, 0.5) is 0 Å². The molecule has 1 rings (SSSR count). The van der Waals surface area contributed by atoms with Crippen LogP contribution in [0.25, 0.3) is 6.08 Å². The summed E-state index contributed by atoms with van der Waals surface area (Å²) in [5, 5.41) is 11.5. The number of allylic oxidation sites excluding steroid dienone is 2. The van der Waals surface area contributed by atoms with Crippen molar-refractivity contribution < 1.29 is 14.7 Å². The number of hydrogen-bond donors (Lipinski definition) is 2. The van der Waals surface area contributed by atoms with Gasteiger partial charge in [-0.3, -0.25) is 4.79 Å². The number of carbonyl (C=O) groups excluding carboxylic acids is 1. The van der Waals surface area contributed by atoms with Crippen LogP contribution >= 0.6 is 0 Å². The molecule has 4 nitrogen and oxygen atoms in total. The summed E-state index contributed by atoms with van der Waals surface area (Å²) in [6.45, 7) is 5.39. The van der Waals surface area contributed by atoms with Crippen LogP contribution in [0.5, 0.6) is 0 Å². The molecular formula is C17H21NO3. The highest BCUT2D eigenvalue weighted by atomic mass is 16.4. The Morgan fingerprint density at radius 3 is 2.29 bits per heavy atom. The summed E-state index contributed by atoms with van der Waals surface area (Å²) >= 11 is 0. The van der Waals surface area contributed by atoms with Crippen molar-refractivity contribution in [3.63, 3.8) is 0 Å². The van der Waals surface area contributed by atoms with Crippen molar-refractivity contribution in [1.29, 1.82) is 0 Å². The zero-order valence-corrected chi connectivity index (χ0v) is 12.5. The first-order valence-corrected chi connectivity index (χ1v) is 6.85. The van der Waals surface area contributed by atoms with E-state index >= 15 is 0 Å². The average Bonchev–Trinajstić information content (AvgIpc) is 2.43. The van der Waals surface area contributed by atoms with Crippen molar-refractivity contribution in [3.8, 4) is 0 Å². The number of carboxylic acids is 1. The summed E-state index contributed by atoms with van der Waals surface area (Å²) < 4.78 is 0. The van der Waals surface area contributed by atoms with Gasteiger partial charge in [0.25, 0.3) is 0 Å². The molecule has 0 aliphatic heterocycles. The van der Waals surface area contributed by atoms with Gasteiger partial charge in [0, 0.05) is 6.08 Å². The monoisotopic (exact) mass is 287 g/mol. The fourth-order valence-corrected chi connectivity index (χ4v) is 1.78. The molecule has 0 aromatic heterocycles. The normalized spacial score (nSPS) is 13.4. The first-order valence-electron chi connectivity index (χ1n) is 6.85. The van der Waals surface area contributed by atoms with Crippen molar-refractivity contribution in [1.82, 2.24) is 5.32 Å². The lowest BCUT2D eigenvalue weighted by Crippen LogP contribution is -2.43. The first kappa shape index (κ1) is 16.7. The number of benzene rings is 1. The molecule has 0 saturated carbocycles. The van der Waals surface area contributed by atoms with Crippen LogP contribution in [0, 0.1) is 5.92 Å². The third-order valence-electron chi connectivity index (χ3n) is 2.92. The second-order valence-corrected chi connectivity index (χ2v) is 5.20. The van der Waals surface area contributed by atoms with Crippen LogP contribution in [0.3, 0.4) is 0 Å². The molecule has 0 spiro atoms.